The molecule has 1 unspecified atom stereocenters. The van der Waals surface area contributed by atoms with Gasteiger partial charge in [0.1, 0.15) is 0 Å². The molecule has 1 aliphatic rings. The summed E-state index contributed by atoms with van der Waals surface area (Å²) in [7, 11) is 0. The molecule has 0 aromatic heterocycles. The minimum atomic E-state index is 0.591. The van der Waals surface area contributed by atoms with Crippen molar-refractivity contribution in [2.45, 2.75) is 26.3 Å². The number of hydrogen-bond donors (Lipinski definition) is 1. The van der Waals surface area contributed by atoms with Crippen molar-refractivity contribution in [3.8, 4) is 0 Å². The Morgan fingerprint density at radius 2 is 1.94 bits per heavy atom. The average molecular weight is 247 g/mol. The third kappa shape index (κ3) is 3.03. The summed E-state index contributed by atoms with van der Waals surface area (Å²) < 4.78 is 0. The average Bonchev–Trinajstić information content (AvgIpc) is 2.41. The van der Waals surface area contributed by atoms with E-state index in [2.05, 4.69) is 47.9 Å². The Kier molecular flexibility index (Phi) is 4.61. The molecule has 100 valence electrons. The maximum absolute atomic E-state index is 5.64. The van der Waals surface area contributed by atoms with E-state index in [0.29, 0.717) is 6.04 Å². The molecule has 1 saturated heterocycles. The molecule has 1 atom stereocenters. The highest BCUT2D eigenvalue weighted by atomic mass is 15.3. The van der Waals surface area contributed by atoms with Gasteiger partial charge in [0.15, 0.2) is 0 Å². The number of rotatable bonds is 4. The van der Waals surface area contributed by atoms with E-state index in [-0.39, 0.29) is 0 Å². The van der Waals surface area contributed by atoms with Crippen molar-refractivity contribution in [2.24, 2.45) is 5.73 Å². The van der Waals surface area contributed by atoms with E-state index < -0.39 is 0 Å². The van der Waals surface area contributed by atoms with Gasteiger partial charge >= 0.3 is 0 Å². The molecule has 1 aromatic carbocycles. The topological polar surface area (TPSA) is 32.5 Å². The molecular formula is C15H25N3. The molecule has 1 heterocycles. The van der Waals surface area contributed by atoms with Gasteiger partial charge in [0, 0.05) is 44.5 Å². The number of nitrogens with two attached hydrogens (primary N) is 1. The van der Waals surface area contributed by atoms with Crippen LogP contribution in [0.4, 0.5) is 5.69 Å². The van der Waals surface area contributed by atoms with Crippen LogP contribution in [0.5, 0.6) is 0 Å². The van der Waals surface area contributed by atoms with Crippen LogP contribution in [-0.4, -0.2) is 43.7 Å². The number of nitrogens with zero attached hydrogens (tertiary/aromatic N) is 2. The van der Waals surface area contributed by atoms with E-state index in [4.69, 9.17) is 5.73 Å². The summed E-state index contributed by atoms with van der Waals surface area (Å²) in [5.74, 6) is 0. The van der Waals surface area contributed by atoms with E-state index in [1.54, 1.807) is 0 Å². The molecular weight excluding hydrogens is 222 g/mol. The van der Waals surface area contributed by atoms with E-state index in [9.17, 15) is 0 Å². The van der Waals surface area contributed by atoms with Gasteiger partial charge in [-0.25, -0.2) is 0 Å². The van der Waals surface area contributed by atoms with Gasteiger partial charge in [-0.1, -0.05) is 19.1 Å². The highest BCUT2D eigenvalue weighted by molar-refractivity contribution is 5.48. The predicted octanol–water partition coefficient (Wildman–Crippen LogP) is 1.72. The normalized spacial score (nSPS) is 21.3. The summed E-state index contributed by atoms with van der Waals surface area (Å²) in [4.78, 5) is 4.97. The molecule has 18 heavy (non-hydrogen) atoms. The van der Waals surface area contributed by atoms with Crippen molar-refractivity contribution in [3.05, 3.63) is 29.8 Å². The van der Waals surface area contributed by atoms with E-state index in [0.717, 1.165) is 39.1 Å². The van der Waals surface area contributed by atoms with Gasteiger partial charge in [-0.3, -0.25) is 4.90 Å². The van der Waals surface area contributed by atoms with Crippen LogP contribution < -0.4 is 10.6 Å². The van der Waals surface area contributed by atoms with Crippen LogP contribution in [0.2, 0.25) is 0 Å². The van der Waals surface area contributed by atoms with Crippen molar-refractivity contribution in [1.29, 1.82) is 0 Å². The van der Waals surface area contributed by atoms with Crippen molar-refractivity contribution < 1.29 is 0 Å². The van der Waals surface area contributed by atoms with Gasteiger partial charge in [0.05, 0.1) is 0 Å². The van der Waals surface area contributed by atoms with Gasteiger partial charge in [0.2, 0.25) is 0 Å². The molecule has 0 bridgehead atoms. The number of benzene rings is 1. The molecule has 0 spiro atoms. The fourth-order valence-electron chi connectivity index (χ4n) is 2.67. The molecule has 0 amide bonds. The summed E-state index contributed by atoms with van der Waals surface area (Å²) in [6.45, 7) is 9.60. The second kappa shape index (κ2) is 6.21. The zero-order valence-corrected chi connectivity index (χ0v) is 11.6. The van der Waals surface area contributed by atoms with Gasteiger partial charge < -0.3 is 10.6 Å². The third-order valence-corrected chi connectivity index (χ3v) is 3.89. The van der Waals surface area contributed by atoms with E-state index >= 15 is 0 Å². The number of piperazine rings is 1. The van der Waals surface area contributed by atoms with Crippen LogP contribution in [0.25, 0.3) is 0 Å². The van der Waals surface area contributed by atoms with E-state index in [1.807, 2.05) is 0 Å². The Morgan fingerprint density at radius 3 is 2.50 bits per heavy atom. The maximum Gasteiger partial charge on any atom is 0.0367 e. The van der Waals surface area contributed by atoms with Gasteiger partial charge in [-0.15, -0.1) is 0 Å². The van der Waals surface area contributed by atoms with Gasteiger partial charge in [-0.2, -0.15) is 0 Å². The number of hydrogen-bond acceptors (Lipinski definition) is 3. The first-order valence-electron chi connectivity index (χ1n) is 7.02. The van der Waals surface area contributed by atoms with Crippen molar-refractivity contribution in [3.63, 3.8) is 0 Å². The lowest BCUT2D eigenvalue weighted by molar-refractivity contribution is 0.195. The minimum absolute atomic E-state index is 0.591. The lowest BCUT2D eigenvalue weighted by Gasteiger charge is -2.40. The zero-order chi connectivity index (χ0) is 13.0. The SMILES string of the molecule is CCc1ccc(N2CCN(CCN)C(C)C2)cc1. The fourth-order valence-corrected chi connectivity index (χ4v) is 2.67. The lowest BCUT2D eigenvalue weighted by atomic mass is 10.1. The Morgan fingerprint density at radius 1 is 1.22 bits per heavy atom. The highest BCUT2D eigenvalue weighted by Gasteiger charge is 2.22. The van der Waals surface area contributed by atoms with Gasteiger partial charge in [0.25, 0.3) is 0 Å². The molecule has 1 aliphatic heterocycles. The van der Waals surface area contributed by atoms with Crippen LogP contribution in [0.15, 0.2) is 24.3 Å². The summed E-state index contributed by atoms with van der Waals surface area (Å²) in [5.41, 5.74) is 8.41. The van der Waals surface area contributed by atoms with Crippen LogP contribution in [0, 0.1) is 0 Å². The maximum atomic E-state index is 5.64. The molecule has 3 heteroatoms. The predicted molar refractivity (Wildman–Crippen MR) is 78.1 cm³/mol. The highest BCUT2D eigenvalue weighted by Crippen LogP contribution is 2.19. The molecule has 1 fully saturated rings. The van der Waals surface area contributed by atoms with Crippen LogP contribution in [0.3, 0.4) is 0 Å². The van der Waals surface area contributed by atoms with Crippen LogP contribution >= 0.6 is 0 Å². The molecule has 0 saturated carbocycles. The zero-order valence-electron chi connectivity index (χ0n) is 11.6. The van der Waals surface area contributed by atoms with E-state index in [1.165, 1.54) is 11.3 Å². The smallest absolute Gasteiger partial charge is 0.0367 e. The number of anilines is 1. The molecule has 2 N–H and O–H groups in total. The second-order valence-corrected chi connectivity index (χ2v) is 5.14. The molecule has 3 nitrogen and oxygen atoms in total. The van der Waals surface area contributed by atoms with Crippen molar-refractivity contribution in [1.82, 2.24) is 4.90 Å². The standard InChI is InChI=1S/C15H25N3/c1-3-14-4-6-15(7-5-14)18-11-10-17(9-8-16)13(2)12-18/h4-7,13H,3,8-12,16H2,1-2H3. The molecule has 2 rings (SSSR count). The lowest BCUT2D eigenvalue weighted by Crippen LogP contribution is -2.53. The Hall–Kier alpha value is -1.06. The second-order valence-electron chi connectivity index (χ2n) is 5.14. The first-order valence-corrected chi connectivity index (χ1v) is 7.02. The first kappa shape index (κ1) is 13.4. The third-order valence-electron chi connectivity index (χ3n) is 3.89. The number of aryl methyl sites for hydroxylation is 1. The quantitative estimate of drug-likeness (QED) is 0.879. The van der Waals surface area contributed by atoms with Crippen LogP contribution in [0.1, 0.15) is 19.4 Å². The summed E-state index contributed by atoms with van der Waals surface area (Å²) >= 11 is 0. The fraction of sp³-hybridized carbons (Fsp3) is 0.600. The van der Waals surface area contributed by atoms with Crippen LogP contribution in [-0.2, 0) is 6.42 Å². The van der Waals surface area contributed by atoms with Gasteiger partial charge in [-0.05, 0) is 31.0 Å². The van der Waals surface area contributed by atoms with Crippen molar-refractivity contribution >= 4 is 5.69 Å². The first-order chi connectivity index (χ1) is 8.74. The Bertz CT molecular complexity index is 361. The minimum Gasteiger partial charge on any atom is -0.369 e. The molecule has 0 radical (unpaired) electrons. The van der Waals surface area contributed by atoms with Crippen molar-refractivity contribution in [2.75, 3.05) is 37.6 Å². The Labute approximate surface area is 111 Å². The monoisotopic (exact) mass is 247 g/mol. The summed E-state index contributed by atoms with van der Waals surface area (Å²) in [6, 6.07) is 9.58. The molecule has 0 aliphatic carbocycles. The summed E-state index contributed by atoms with van der Waals surface area (Å²) in [5, 5.41) is 0. The molecule has 1 aromatic rings. The Balaban J connectivity index is 1.98. The largest absolute Gasteiger partial charge is 0.369 e. The summed E-state index contributed by atoms with van der Waals surface area (Å²) in [6.07, 6.45) is 1.11.